The highest BCUT2D eigenvalue weighted by Gasteiger charge is 2.34. The van der Waals surface area contributed by atoms with Gasteiger partial charge in [-0.1, -0.05) is 26.7 Å². The molecule has 1 aliphatic rings. The van der Waals surface area contributed by atoms with E-state index in [-0.39, 0.29) is 5.69 Å². The van der Waals surface area contributed by atoms with Gasteiger partial charge in [0.1, 0.15) is 5.82 Å². The summed E-state index contributed by atoms with van der Waals surface area (Å²) in [6.45, 7) is 5.43. The Bertz CT molecular complexity index is 451. The summed E-state index contributed by atoms with van der Waals surface area (Å²) in [5.41, 5.74) is 0.342. The summed E-state index contributed by atoms with van der Waals surface area (Å²) in [5, 5.41) is 12.1. The minimum Gasteiger partial charge on any atom is -0.476 e. The van der Waals surface area contributed by atoms with Crippen molar-refractivity contribution in [2.24, 2.45) is 11.3 Å². The lowest BCUT2D eigenvalue weighted by molar-refractivity contribution is 0.0690. The fourth-order valence-corrected chi connectivity index (χ4v) is 3.25. The Morgan fingerprint density at radius 3 is 2.55 bits per heavy atom. The molecule has 1 aromatic heterocycles. The van der Waals surface area contributed by atoms with Gasteiger partial charge in [-0.2, -0.15) is 0 Å². The summed E-state index contributed by atoms with van der Waals surface area (Å²) in [5.74, 6) is 0.302. The summed E-state index contributed by atoms with van der Waals surface area (Å²) < 4.78 is 0. The van der Waals surface area contributed by atoms with Crippen molar-refractivity contribution in [3.05, 3.63) is 18.1 Å². The molecule has 1 aliphatic carbocycles. The zero-order valence-electron chi connectivity index (χ0n) is 12.2. The van der Waals surface area contributed by atoms with Crippen molar-refractivity contribution in [2.45, 2.75) is 46.0 Å². The molecule has 0 amide bonds. The zero-order chi connectivity index (χ0) is 14.6. The fourth-order valence-electron chi connectivity index (χ4n) is 3.25. The van der Waals surface area contributed by atoms with Crippen LogP contribution in [-0.4, -0.2) is 27.6 Å². The van der Waals surface area contributed by atoms with Crippen LogP contribution in [0.5, 0.6) is 0 Å². The molecule has 0 saturated heterocycles. The molecule has 1 aromatic rings. The second kappa shape index (κ2) is 6.20. The molecule has 2 N–H and O–H groups in total. The van der Waals surface area contributed by atoms with Crippen molar-refractivity contribution in [3.8, 4) is 0 Å². The van der Waals surface area contributed by atoms with E-state index in [1.54, 1.807) is 0 Å². The molecule has 0 aromatic carbocycles. The molecule has 0 atom stereocenters. The van der Waals surface area contributed by atoms with Crippen LogP contribution in [0.15, 0.2) is 12.4 Å². The quantitative estimate of drug-likeness (QED) is 0.835. The number of carbonyl (C=O) groups is 1. The van der Waals surface area contributed by atoms with Crippen LogP contribution in [0.2, 0.25) is 0 Å². The number of nitrogens with zero attached hydrogens (tertiary/aromatic N) is 2. The molecule has 1 saturated carbocycles. The van der Waals surface area contributed by atoms with Gasteiger partial charge in [0.05, 0.1) is 12.4 Å². The Balaban J connectivity index is 1.97. The average Bonchev–Trinajstić information content (AvgIpc) is 2.85. The molecule has 0 aliphatic heterocycles. The minimum atomic E-state index is -1.05. The summed E-state index contributed by atoms with van der Waals surface area (Å²) in [6, 6.07) is 0. The number of aromatic carboxylic acids is 1. The van der Waals surface area contributed by atoms with Crippen LogP contribution in [0.1, 0.15) is 56.4 Å². The van der Waals surface area contributed by atoms with Crippen LogP contribution in [-0.2, 0) is 0 Å². The third-order valence-electron chi connectivity index (χ3n) is 4.02. The fraction of sp³-hybridized carbons (Fsp3) is 0.667. The predicted octanol–water partition coefficient (Wildman–Crippen LogP) is 3.19. The van der Waals surface area contributed by atoms with E-state index in [1.807, 2.05) is 0 Å². The number of nitrogens with one attached hydrogen (secondary N) is 1. The Labute approximate surface area is 119 Å². The average molecular weight is 277 g/mol. The van der Waals surface area contributed by atoms with Gasteiger partial charge in [0.25, 0.3) is 0 Å². The van der Waals surface area contributed by atoms with Gasteiger partial charge >= 0.3 is 5.97 Å². The Morgan fingerprint density at radius 1 is 1.35 bits per heavy atom. The van der Waals surface area contributed by atoms with E-state index in [2.05, 4.69) is 29.1 Å². The van der Waals surface area contributed by atoms with Crippen molar-refractivity contribution < 1.29 is 9.90 Å². The summed E-state index contributed by atoms with van der Waals surface area (Å²) >= 11 is 0. The number of carboxylic acids is 1. The summed E-state index contributed by atoms with van der Waals surface area (Å²) in [4.78, 5) is 18.7. The van der Waals surface area contributed by atoms with Gasteiger partial charge < -0.3 is 10.4 Å². The second-order valence-electron chi connectivity index (χ2n) is 6.25. The van der Waals surface area contributed by atoms with E-state index >= 15 is 0 Å². The van der Waals surface area contributed by atoms with E-state index in [9.17, 15) is 4.79 Å². The number of rotatable bonds is 6. The maximum absolute atomic E-state index is 10.7. The van der Waals surface area contributed by atoms with Crippen molar-refractivity contribution in [2.75, 3.05) is 11.9 Å². The highest BCUT2D eigenvalue weighted by molar-refractivity contribution is 5.84. The van der Waals surface area contributed by atoms with Crippen molar-refractivity contribution in [3.63, 3.8) is 0 Å². The highest BCUT2D eigenvalue weighted by atomic mass is 16.4. The lowest BCUT2D eigenvalue weighted by Gasteiger charge is -2.31. The Morgan fingerprint density at radius 2 is 2.05 bits per heavy atom. The van der Waals surface area contributed by atoms with E-state index in [0.717, 1.165) is 6.54 Å². The lowest BCUT2D eigenvalue weighted by atomic mass is 9.78. The second-order valence-corrected chi connectivity index (χ2v) is 6.25. The smallest absolute Gasteiger partial charge is 0.356 e. The molecule has 0 spiro atoms. The molecule has 0 unspecified atom stereocenters. The molecule has 1 heterocycles. The first-order chi connectivity index (χ1) is 9.51. The monoisotopic (exact) mass is 277 g/mol. The first-order valence-corrected chi connectivity index (χ1v) is 7.30. The van der Waals surface area contributed by atoms with Crippen LogP contribution >= 0.6 is 0 Å². The van der Waals surface area contributed by atoms with E-state index in [1.165, 1.54) is 44.5 Å². The molecule has 0 radical (unpaired) electrons. The molecule has 110 valence electrons. The normalized spacial score (nSPS) is 17.4. The number of hydrogen-bond donors (Lipinski definition) is 2. The topological polar surface area (TPSA) is 75.1 Å². The number of anilines is 1. The van der Waals surface area contributed by atoms with Gasteiger partial charge in [-0.05, 0) is 30.6 Å². The van der Waals surface area contributed by atoms with Gasteiger partial charge in [-0.25, -0.2) is 14.8 Å². The van der Waals surface area contributed by atoms with Gasteiger partial charge in [-0.3, -0.25) is 0 Å². The van der Waals surface area contributed by atoms with Gasteiger partial charge in [-0.15, -0.1) is 0 Å². The molecule has 5 nitrogen and oxygen atoms in total. The predicted molar refractivity (Wildman–Crippen MR) is 77.8 cm³/mol. The minimum absolute atomic E-state index is 0.0201. The number of carboxylic acid groups (broad SMARTS) is 1. The van der Waals surface area contributed by atoms with Crippen LogP contribution < -0.4 is 5.32 Å². The maximum Gasteiger partial charge on any atom is 0.356 e. The van der Waals surface area contributed by atoms with E-state index in [4.69, 9.17) is 5.11 Å². The van der Waals surface area contributed by atoms with Crippen LogP contribution in [0.3, 0.4) is 0 Å². The highest BCUT2D eigenvalue weighted by Crippen LogP contribution is 2.43. The third-order valence-corrected chi connectivity index (χ3v) is 4.02. The molecule has 2 rings (SSSR count). The first-order valence-electron chi connectivity index (χ1n) is 7.30. The van der Waals surface area contributed by atoms with Gasteiger partial charge in [0.2, 0.25) is 0 Å². The van der Waals surface area contributed by atoms with Gasteiger partial charge in [0, 0.05) is 6.54 Å². The maximum atomic E-state index is 10.7. The molecule has 20 heavy (non-hydrogen) atoms. The van der Waals surface area contributed by atoms with Crippen molar-refractivity contribution in [1.29, 1.82) is 0 Å². The summed E-state index contributed by atoms with van der Waals surface area (Å²) in [6.07, 6.45) is 9.16. The third kappa shape index (κ3) is 3.68. The lowest BCUT2D eigenvalue weighted by Crippen LogP contribution is -2.28. The Kier molecular flexibility index (Phi) is 4.57. The van der Waals surface area contributed by atoms with Crippen molar-refractivity contribution >= 4 is 11.8 Å². The standard InChI is InChI=1S/C15H23N3O2/c1-11(2)7-15(5-3-4-6-15)10-18-13-9-16-12(8-17-13)14(19)20/h8-9,11H,3-7,10H2,1-2H3,(H,17,18)(H,19,20). The first kappa shape index (κ1) is 14.8. The number of aromatic nitrogens is 2. The van der Waals surface area contributed by atoms with Gasteiger partial charge in [0.15, 0.2) is 5.69 Å². The summed E-state index contributed by atoms with van der Waals surface area (Å²) in [7, 11) is 0. The van der Waals surface area contributed by atoms with Crippen LogP contribution in [0.4, 0.5) is 5.82 Å². The SMILES string of the molecule is CC(C)CC1(CNc2cnc(C(=O)O)cn2)CCCC1. The Hall–Kier alpha value is -1.65. The van der Waals surface area contributed by atoms with E-state index < -0.39 is 5.97 Å². The van der Waals surface area contributed by atoms with E-state index in [0.29, 0.717) is 17.2 Å². The molecule has 5 heteroatoms. The molecule has 0 bridgehead atoms. The largest absolute Gasteiger partial charge is 0.476 e. The van der Waals surface area contributed by atoms with Crippen LogP contribution in [0.25, 0.3) is 0 Å². The number of hydrogen-bond acceptors (Lipinski definition) is 4. The molecule has 1 fully saturated rings. The zero-order valence-corrected chi connectivity index (χ0v) is 12.2. The molecular weight excluding hydrogens is 254 g/mol. The van der Waals surface area contributed by atoms with Crippen LogP contribution in [0, 0.1) is 11.3 Å². The molecular formula is C15H23N3O2. The van der Waals surface area contributed by atoms with Crippen molar-refractivity contribution in [1.82, 2.24) is 9.97 Å².